The van der Waals surface area contributed by atoms with Crippen molar-refractivity contribution in [3.63, 3.8) is 0 Å². The molecule has 1 aromatic carbocycles. The van der Waals surface area contributed by atoms with Gasteiger partial charge in [-0.15, -0.1) is 0 Å². The quantitative estimate of drug-likeness (QED) is 0.431. The zero-order valence-electron chi connectivity index (χ0n) is 6.53. The molecular weight excluding hydrogens is 188 g/mol. The molecule has 0 heterocycles. The topological polar surface area (TPSA) is 0 Å². The van der Waals surface area contributed by atoms with E-state index in [1.165, 1.54) is 11.1 Å². The Morgan fingerprint density at radius 3 is 1.70 bits per heavy atom. The van der Waals surface area contributed by atoms with Gasteiger partial charge in [0, 0.05) is 0 Å². The molecule has 0 aliphatic heterocycles. The van der Waals surface area contributed by atoms with Crippen molar-refractivity contribution in [2.24, 2.45) is 0 Å². The van der Waals surface area contributed by atoms with Gasteiger partial charge in [-0.05, 0) is 11.0 Å². The molecule has 0 aromatic heterocycles. The molecule has 0 atom stereocenters. The minimum atomic E-state index is 0. The van der Waals surface area contributed by atoms with E-state index < -0.39 is 0 Å². The van der Waals surface area contributed by atoms with Crippen LogP contribution in [0, 0.1) is 19.9 Å². The van der Waals surface area contributed by atoms with Crippen molar-refractivity contribution in [2.45, 2.75) is 13.8 Å². The summed E-state index contributed by atoms with van der Waals surface area (Å²) < 4.78 is 0. The fourth-order valence-electron chi connectivity index (χ4n) is 0.747. The standard InChI is InChI=1S/C8H9.Cu.H3Si/c1-7-4-3-5-8(2)6-7;;/h4-6H,1-2H3;;1H3/q-1;+1;. The van der Waals surface area contributed by atoms with E-state index in [-0.39, 0.29) is 28.0 Å². The van der Waals surface area contributed by atoms with Gasteiger partial charge in [-0.2, -0.15) is 35.4 Å². The maximum absolute atomic E-state index is 3.03. The fraction of sp³-hybridized carbons (Fsp3) is 0.250. The molecule has 0 aliphatic carbocycles. The summed E-state index contributed by atoms with van der Waals surface area (Å²) in [4.78, 5) is 0. The van der Waals surface area contributed by atoms with Gasteiger partial charge in [0.25, 0.3) is 0 Å². The maximum Gasteiger partial charge on any atom is 1.00 e. The summed E-state index contributed by atoms with van der Waals surface area (Å²) >= 11 is 0. The van der Waals surface area contributed by atoms with Crippen molar-refractivity contribution < 1.29 is 17.1 Å². The zero-order valence-corrected chi connectivity index (χ0v) is 9.48. The first-order chi connectivity index (χ1) is 3.79. The third kappa shape index (κ3) is 3.88. The molecule has 0 fully saturated rings. The van der Waals surface area contributed by atoms with Crippen molar-refractivity contribution in [3.05, 3.63) is 35.4 Å². The van der Waals surface area contributed by atoms with Crippen molar-refractivity contribution >= 4 is 11.0 Å². The Morgan fingerprint density at radius 2 is 1.50 bits per heavy atom. The van der Waals surface area contributed by atoms with E-state index in [4.69, 9.17) is 0 Å². The van der Waals surface area contributed by atoms with Crippen LogP contribution in [0.25, 0.3) is 0 Å². The predicted octanol–water partition coefficient (Wildman–Crippen LogP) is 0.917. The van der Waals surface area contributed by atoms with Crippen LogP contribution < -0.4 is 0 Å². The van der Waals surface area contributed by atoms with Gasteiger partial charge in [0.15, 0.2) is 0 Å². The second-order valence-corrected chi connectivity index (χ2v) is 2.09. The van der Waals surface area contributed by atoms with E-state index >= 15 is 0 Å². The van der Waals surface area contributed by atoms with E-state index in [2.05, 4.69) is 26.0 Å². The molecule has 0 nitrogen and oxygen atoms in total. The van der Waals surface area contributed by atoms with E-state index in [0.29, 0.717) is 0 Å². The second kappa shape index (κ2) is 5.72. The third-order valence-electron chi connectivity index (χ3n) is 1.08. The Bertz CT molecular complexity index is 169. The van der Waals surface area contributed by atoms with E-state index in [1.807, 2.05) is 12.1 Å². The Balaban J connectivity index is 0. The summed E-state index contributed by atoms with van der Waals surface area (Å²) in [7, 11) is 0. The number of aryl methyl sites for hydroxylation is 2. The molecule has 0 unspecified atom stereocenters. The van der Waals surface area contributed by atoms with Crippen LogP contribution in [-0.4, -0.2) is 11.0 Å². The van der Waals surface area contributed by atoms with Crippen molar-refractivity contribution in [3.8, 4) is 0 Å². The predicted molar refractivity (Wildman–Crippen MR) is 44.7 cm³/mol. The van der Waals surface area contributed by atoms with Gasteiger partial charge in [0.2, 0.25) is 0 Å². The van der Waals surface area contributed by atoms with Crippen LogP contribution in [0.1, 0.15) is 11.1 Å². The molecule has 0 aliphatic rings. The van der Waals surface area contributed by atoms with E-state index in [9.17, 15) is 0 Å². The molecule has 0 N–H and O–H groups in total. The summed E-state index contributed by atoms with van der Waals surface area (Å²) in [5.41, 5.74) is 2.56. The summed E-state index contributed by atoms with van der Waals surface area (Å²) in [5.74, 6) is 0. The van der Waals surface area contributed by atoms with Gasteiger partial charge in [-0.1, -0.05) is 13.8 Å². The van der Waals surface area contributed by atoms with Crippen molar-refractivity contribution in [2.75, 3.05) is 0 Å². The van der Waals surface area contributed by atoms with Gasteiger partial charge in [0.05, 0.1) is 0 Å². The minimum absolute atomic E-state index is 0. The molecule has 0 saturated heterocycles. The van der Waals surface area contributed by atoms with Gasteiger partial charge in [0.1, 0.15) is 0 Å². The Hall–Kier alpha value is -0.0436. The van der Waals surface area contributed by atoms with Crippen LogP contribution in [0.3, 0.4) is 0 Å². The minimum Gasteiger partial charge on any atom is -0.183 e. The average molecular weight is 200 g/mol. The van der Waals surface area contributed by atoms with Gasteiger partial charge in [-0.25, -0.2) is 0 Å². The van der Waals surface area contributed by atoms with Gasteiger partial charge >= 0.3 is 17.1 Å². The molecule has 1 aromatic rings. The molecule has 0 amide bonds. The summed E-state index contributed by atoms with van der Waals surface area (Å²) in [6, 6.07) is 9.12. The van der Waals surface area contributed by atoms with Crippen LogP contribution in [0.5, 0.6) is 0 Å². The molecule has 2 heteroatoms. The SMILES string of the molecule is Cc1c[c-]cc(C)c1.[Cu+].[SiH3]. The molecule has 0 bridgehead atoms. The third-order valence-corrected chi connectivity index (χ3v) is 1.08. The summed E-state index contributed by atoms with van der Waals surface area (Å²) in [6.45, 7) is 4.15. The van der Waals surface area contributed by atoms with E-state index in [1.54, 1.807) is 0 Å². The van der Waals surface area contributed by atoms with Crippen LogP contribution in [0.2, 0.25) is 0 Å². The number of hydrogen-bond donors (Lipinski definition) is 0. The molecular formula is C8H12CuSi. The zero-order chi connectivity index (χ0) is 5.98. The summed E-state index contributed by atoms with van der Waals surface area (Å²) in [6.07, 6.45) is 0. The molecule has 10 heavy (non-hydrogen) atoms. The second-order valence-electron chi connectivity index (χ2n) is 2.09. The number of rotatable bonds is 0. The maximum atomic E-state index is 3.03. The Labute approximate surface area is 77.5 Å². The molecule has 1 radical (unpaired) electrons. The van der Waals surface area contributed by atoms with Crippen LogP contribution in [0.15, 0.2) is 18.2 Å². The molecule has 59 valence electrons. The number of benzene rings is 1. The average Bonchev–Trinajstić information content (AvgIpc) is 1.64. The first kappa shape index (κ1) is 12.6. The first-order valence-corrected chi connectivity index (χ1v) is 2.73. The fourth-order valence-corrected chi connectivity index (χ4v) is 0.747. The summed E-state index contributed by atoms with van der Waals surface area (Å²) in [5, 5.41) is 0. The Morgan fingerprint density at radius 1 is 1.10 bits per heavy atom. The monoisotopic (exact) mass is 199 g/mol. The molecule has 1 rings (SSSR count). The largest absolute Gasteiger partial charge is 1.00 e. The van der Waals surface area contributed by atoms with E-state index in [0.717, 1.165) is 0 Å². The molecule has 0 spiro atoms. The van der Waals surface area contributed by atoms with Crippen LogP contribution >= 0.6 is 0 Å². The van der Waals surface area contributed by atoms with Gasteiger partial charge < -0.3 is 0 Å². The molecule has 0 saturated carbocycles. The normalized spacial score (nSPS) is 7.40. The Kier molecular flexibility index (Phi) is 7.22. The number of hydrogen-bond acceptors (Lipinski definition) is 0. The smallest absolute Gasteiger partial charge is 0.183 e. The van der Waals surface area contributed by atoms with Crippen molar-refractivity contribution in [1.29, 1.82) is 0 Å². The van der Waals surface area contributed by atoms with Crippen molar-refractivity contribution in [1.82, 2.24) is 0 Å². The first-order valence-electron chi connectivity index (χ1n) is 2.73. The van der Waals surface area contributed by atoms with Gasteiger partial charge in [-0.3, -0.25) is 0 Å². The van der Waals surface area contributed by atoms with Crippen LogP contribution in [-0.2, 0) is 17.1 Å². The van der Waals surface area contributed by atoms with Crippen LogP contribution in [0.4, 0.5) is 0 Å².